The van der Waals surface area contributed by atoms with Gasteiger partial charge in [0.2, 0.25) is 0 Å². The second-order valence-corrected chi connectivity index (χ2v) is 5.01. The fourth-order valence-corrected chi connectivity index (χ4v) is 2.41. The zero-order valence-electron chi connectivity index (χ0n) is 9.90. The Balaban J connectivity index is 1.90. The van der Waals surface area contributed by atoms with Gasteiger partial charge in [-0.2, -0.15) is 5.10 Å². The SMILES string of the molecule is C[C@H]1CC[C@@H](Nc2cnn(C)c2)C[C@@H]1C. The summed E-state index contributed by atoms with van der Waals surface area (Å²) in [5.74, 6) is 1.73. The smallest absolute Gasteiger partial charge is 0.0728 e. The van der Waals surface area contributed by atoms with Crippen molar-refractivity contribution in [2.75, 3.05) is 5.32 Å². The van der Waals surface area contributed by atoms with Crippen LogP contribution in [0.5, 0.6) is 0 Å². The monoisotopic (exact) mass is 207 g/mol. The second kappa shape index (κ2) is 4.25. The third-order valence-electron chi connectivity index (χ3n) is 3.67. The van der Waals surface area contributed by atoms with E-state index in [0.717, 1.165) is 17.5 Å². The molecule has 1 fully saturated rings. The molecular weight excluding hydrogens is 186 g/mol. The van der Waals surface area contributed by atoms with Crippen LogP contribution in [-0.2, 0) is 7.05 Å². The van der Waals surface area contributed by atoms with E-state index in [0.29, 0.717) is 6.04 Å². The molecule has 84 valence electrons. The van der Waals surface area contributed by atoms with Gasteiger partial charge in [-0.05, 0) is 31.1 Å². The van der Waals surface area contributed by atoms with Gasteiger partial charge in [0, 0.05) is 19.3 Å². The minimum Gasteiger partial charge on any atom is -0.380 e. The summed E-state index contributed by atoms with van der Waals surface area (Å²) in [7, 11) is 1.96. The van der Waals surface area contributed by atoms with Gasteiger partial charge < -0.3 is 5.32 Å². The molecule has 0 radical (unpaired) electrons. The summed E-state index contributed by atoms with van der Waals surface area (Å²) in [5, 5.41) is 7.74. The lowest BCUT2D eigenvalue weighted by Crippen LogP contribution is -2.30. The van der Waals surface area contributed by atoms with Crippen molar-refractivity contribution in [1.29, 1.82) is 0 Å². The predicted octanol–water partition coefficient (Wildman–Crippen LogP) is 2.66. The lowest BCUT2D eigenvalue weighted by atomic mass is 9.79. The predicted molar refractivity (Wildman–Crippen MR) is 62.8 cm³/mol. The zero-order chi connectivity index (χ0) is 10.8. The molecule has 3 atom stereocenters. The first kappa shape index (κ1) is 10.5. The molecule has 0 saturated heterocycles. The molecular formula is C12H21N3. The number of nitrogens with one attached hydrogen (secondary N) is 1. The van der Waals surface area contributed by atoms with Crippen LogP contribution in [-0.4, -0.2) is 15.8 Å². The Kier molecular flexibility index (Phi) is 2.98. The van der Waals surface area contributed by atoms with E-state index in [1.807, 2.05) is 24.1 Å². The van der Waals surface area contributed by atoms with E-state index in [-0.39, 0.29) is 0 Å². The number of rotatable bonds is 2. The maximum Gasteiger partial charge on any atom is 0.0728 e. The zero-order valence-corrected chi connectivity index (χ0v) is 9.90. The van der Waals surface area contributed by atoms with Crippen LogP contribution in [0.2, 0.25) is 0 Å². The van der Waals surface area contributed by atoms with Gasteiger partial charge in [-0.15, -0.1) is 0 Å². The number of anilines is 1. The van der Waals surface area contributed by atoms with Crippen LogP contribution < -0.4 is 5.32 Å². The van der Waals surface area contributed by atoms with E-state index in [2.05, 4.69) is 24.3 Å². The fraction of sp³-hybridized carbons (Fsp3) is 0.750. The van der Waals surface area contributed by atoms with Gasteiger partial charge in [0.15, 0.2) is 0 Å². The molecule has 1 heterocycles. The molecule has 0 spiro atoms. The first-order valence-corrected chi connectivity index (χ1v) is 5.90. The summed E-state index contributed by atoms with van der Waals surface area (Å²) in [4.78, 5) is 0. The van der Waals surface area contributed by atoms with Crippen molar-refractivity contribution < 1.29 is 0 Å². The van der Waals surface area contributed by atoms with Gasteiger partial charge in [0.05, 0.1) is 11.9 Å². The Morgan fingerprint density at radius 2 is 2.13 bits per heavy atom. The van der Waals surface area contributed by atoms with E-state index in [4.69, 9.17) is 0 Å². The van der Waals surface area contributed by atoms with Crippen molar-refractivity contribution in [3.8, 4) is 0 Å². The van der Waals surface area contributed by atoms with Gasteiger partial charge in [-0.3, -0.25) is 4.68 Å². The van der Waals surface area contributed by atoms with Gasteiger partial charge in [-0.25, -0.2) is 0 Å². The number of hydrogen-bond acceptors (Lipinski definition) is 2. The van der Waals surface area contributed by atoms with Crippen molar-refractivity contribution >= 4 is 5.69 Å². The summed E-state index contributed by atoms with van der Waals surface area (Å²) in [6, 6.07) is 0.639. The highest BCUT2D eigenvalue weighted by Gasteiger charge is 2.24. The van der Waals surface area contributed by atoms with E-state index >= 15 is 0 Å². The summed E-state index contributed by atoms with van der Waals surface area (Å²) in [5.41, 5.74) is 1.16. The first-order chi connectivity index (χ1) is 7.15. The van der Waals surface area contributed by atoms with E-state index in [9.17, 15) is 0 Å². The van der Waals surface area contributed by atoms with Gasteiger partial charge in [-0.1, -0.05) is 13.8 Å². The standard InChI is InChI=1S/C12H21N3/c1-9-4-5-11(6-10(9)2)14-12-7-13-15(3)8-12/h7-11,14H,4-6H2,1-3H3/t9-,10-,11+/m0/s1. The molecule has 15 heavy (non-hydrogen) atoms. The van der Waals surface area contributed by atoms with Crippen LogP contribution in [0.1, 0.15) is 33.1 Å². The highest BCUT2D eigenvalue weighted by atomic mass is 15.3. The third-order valence-corrected chi connectivity index (χ3v) is 3.67. The third kappa shape index (κ3) is 2.52. The molecule has 3 nitrogen and oxygen atoms in total. The molecule has 1 aromatic rings. The molecule has 0 unspecified atom stereocenters. The molecule has 0 aromatic carbocycles. The summed E-state index contributed by atoms with van der Waals surface area (Å²) in [6.07, 6.45) is 7.88. The molecule has 1 N–H and O–H groups in total. The number of nitrogens with zero attached hydrogens (tertiary/aromatic N) is 2. The Bertz CT molecular complexity index is 318. The van der Waals surface area contributed by atoms with Gasteiger partial charge in [0.25, 0.3) is 0 Å². The average molecular weight is 207 g/mol. The van der Waals surface area contributed by atoms with Crippen molar-refractivity contribution in [3.63, 3.8) is 0 Å². The Labute approximate surface area is 91.9 Å². The minimum atomic E-state index is 0.639. The number of aromatic nitrogens is 2. The van der Waals surface area contributed by atoms with Crippen molar-refractivity contribution in [2.24, 2.45) is 18.9 Å². The topological polar surface area (TPSA) is 29.9 Å². The Hall–Kier alpha value is -0.990. The molecule has 1 aliphatic carbocycles. The van der Waals surface area contributed by atoms with Crippen molar-refractivity contribution in [2.45, 2.75) is 39.2 Å². The minimum absolute atomic E-state index is 0.639. The lowest BCUT2D eigenvalue weighted by Gasteiger charge is -2.32. The van der Waals surface area contributed by atoms with E-state index < -0.39 is 0 Å². The fourth-order valence-electron chi connectivity index (χ4n) is 2.41. The number of hydrogen-bond donors (Lipinski definition) is 1. The number of aryl methyl sites for hydroxylation is 1. The maximum atomic E-state index is 4.17. The normalized spacial score (nSPS) is 31.5. The van der Waals surface area contributed by atoms with Crippen molar-refractivity contribution in [1.82, 2.24) is 9.78 Å². The Morgan fingerprint density at radius 3 is 2.73 bits per heavy atom. The molecule has 3 heteroatoms. The van der Waals surface area contributed by atoms with Crippen LogP contribution in [0.3, 0.4) is 0 Å². The maximum absolute atomic E-state index is 4.17. The molecule has 1 aliphatic rings. The van der Waals surface area contributed by atoms with Crippen LogP contribution in [0, 0.1) is 11.8 Å². The lowest BCUT2D eigenvalue weighted by molar-refractivity contribution is 0.261. The molecule has 0 bridgehead atoms. The molecule has 2 rings (SSSR count). The van der Waals surface area contributed by atoms with Crippen LogP contribution in [0.25, 0.3) is 0 Å². The molecule has 0 amide bonds. The molecule has 1 saturated carbocycles. The molecule has 1 aromatic heterocycles. The van der Waals surface area contributed by atoms with Gasteiger partial charge in [0.1, 0.15) is 0 Å². The first-order valence-electron chi connectivity index (χ1n) is 5.90. The molecule has 0 aliphatic heterocycles. The van der Waals surface area contributed by atoms with E-state index in [1.54, 1.807) is 0 Å². The summed E-state index contributed by atoms with van der Waals surface area (Å²) >= 11 is 0. The second-order valence-electron chi connectivity index (χ2n) is 5.01. The summed E-state index contributed by atoms with van der Waals surface area (Å²) in [6.45, 7) is 4.73. The summed E-state index contributed by atoms with van der Waals surface area (Å²) < 4.78 is 1.84. The van der Waals surface area contributed by atoms with Crippen LogP contribution in [0.4, 0.5) is 5.69 Å². The highest BCUT2D eigenvalue weighted by molar-refractivity contribution is 5.39. The average Bonchev–Trinajstić information content (AvgIpc) is 2.58. The van der Waals surface area contributed by atoms with Crippen LogP contribution >= 0.6 is 0 Å². The van der Waals surface area contributed by atoms with E-state index in [1.165, 1.54) is 19.3 Å². The van der Waals surface area contributed by atoms with Crippen molar-refractivity contribution in [3.05, 3.63) is 12.4 Å². The largest absolute Gasteiger partial charge is 0.380 e. The van der Waals surface area contributed by atoms with Gasteiger partial charge >= 0.3 is 0 Å². The highest BCUT2D eigenvalue weighted by Crippen LogP contribution is 2.30. The Morgan fingerprint density at radius 1 is 1.33 bits per heavy atom. The quantitative estimate of drug-likeness (QED) is 0.808. The van der Waals surface area contributed by atoms with Crippen LogP contribution in [0.15, 0.2) is 12.4 Å².